The van der Waals surface area contributed by atoms with Crippen LogP contribution < -0.4 is 10.6 Å². The Morgan fingerprint density at radius 3 is 2.42 bits per heavy atom. The van der Waals surface area contributed by atoms with Gasteiger partial charge in [-0.2, -0.15) is 0 Å². The quantitative estimate of drug-likeness (QED) is 0.754. The van der Waals surface area contributed by atoms with Crippen LogP contribution in [0.15, 0.2) is 24.3 Å². The highest BCUT2D eigenvalue weighted by atomic mass is 35.5. The summed E-state index contributed by atoms with van der Waals surface area (Å²) in [7, 11) is 1.89. The van der Waals surface area contributed by atoms with Crippen LogP contribution in [0.3, 0.4) is 0 Å². The van der Waals surface area contributed by atoms with E-state index in [1.807, 2.05) is 31.3 Å². The summed E-state index contributed by atoms with van der Waals surface area (Å²) in [6.07, 6.45) is 1.41. The molecule has 0 spiro atoms. The maximum atomic E-state index is 11.9. The van der Waals surface area contributed by atoms with Crippen LogP contribution in [0, 0.1) is 5.92 Å². The first-order valence-electron chi connectivity index (χ1n) is 6.74. The lowest BCUT2D eigenvalue weighted by molar-refractivity contribution is -0.122. The van der Waals surface area contributed by atoms with Crippen molar-refractivity contribution in [3.8, 4) is 0 Å². The molecule has 0 heterocycles. The van der Waals surface area contributed by atoms with Crippen LogP contribution in [0.25, 0.3) is 0 Å². The Morgan fingerprint density at radius 1 is 1.26 bits per heavy atom. The second-order valence-electron chi connectivity index (χ2n) is 5.05. The number of amides is 1. The molecule has 1 aromatic rings. The summed E-state index contributed by atoms with van der Waals surface area (Å²) < 4.78 is 0. The topological polar surface area (TPSA) is 41.1 Å². The molecule has 1 unspecified atom stereocenters. The molecule has 0 fully saturated rings. The monoisotopic (exact) mass is 282 g/mol. The summed E-state index contributed by atoms with van der Waals surface area (Å²) in [6, 6.07) is 7.71. The van der Waals surface area contributed by atoms with Gasteiger partial charge in [-0.15, -0.1) is 0 Å². The molecule has 1 amide bonds. The van der Waals surface area contributed by atoms with E-state index in [1.54, 1.807) is 0 Å². The van der Waals surface area contributed by atoms with E-state index in [0.717, 1.165) is 18.5 Å². The molecular formula is C15H23ClN2O. The second kappa shape index (κ2) is 8.18. The van der Waals surface area contributed by atoms with Gasteiger partial charge in [-0.25, -0.2) is 0 Å². The first-order chi connectivity index (χ1) is 9.04. The Balaban J connectivity index is 2.63. The van der Waals surface area contributed by atoms with E-state index in [0.29, 0.717) is 17.4 Å². The molecule has 1 aromatic carbocycles. The molecule has 4 heteroatoms. The van der Waals surface area contributed by atoms with Gasteiger partial charge in [0.1, 0.15) is 0 Å². The molecule has 106 valence electrons. The molecule has 0 radical (unpaired) electrons. The van der Waals surface area contributed by atoms with Crippen molar-refractivity contribution in [2.24, 2.45) is 5.92 Å². The minimum Gasteiger partial charge on any atom is -0.349 e. The molecule has 1 atom stereocenters. The predicted molar refractivity (Wildman–Crippen MR) is 80.3 cm³/mol. The van der Waals surface area contributed by atoms with E-state index in [9.17, 15) is 4.79 Å². The van der Waals surface area contributed by atoms with Crippen molar-refractivity contribution in [3.05, 3.63) is 34.9 Å². The van der Waals surface area contributed by atoms with E-state index in [2.05, 4.69) is 24.5 Å². The van der Waals surface area contributed by atoms with Crippen molar-refractivity contribution < 1.29 is 4.79 Å². The van der Waals surface area contributed by atoms with Crippen LogP contribution in [-0.2, 0) is 4.79 Å². The molecule has 0 saturated carbocycles. The van der Waals surface area contributed by atoms with Crippen LogP contribution in [0.4, 0.5) is 0 Å². The molecular weight excluding hydrogens is 260 g/mol. The number of benzene rings is 1. The van der Waals surface area contributed by atoms with Crippen molar-refractivity contribution in [2.45, 2.75) is 32.7 Å². The molecule has 0 aromatic heterocycles. The Labute approximate surface area is 120 Å². The number of carbonyl (C=O) groups is 1. The fraction of sp³-hybridized carbons (Fsp3) is 0.533. The maximum Gasteiger partial charge on any atom is 0.220 e. The smallest absolute Gasteiger partial charge is 0.220 e. The Bertz CT molecular complexity index is 390. The average Bonchev–Trinajstić information content (AvgIpc) is 2.37. The van der Waals surface area contributed by atoms with Gasteiger partial charge in [-0.3, -0.25) is 4.79 Å². The zero-order valence-electron chi connectivity index (χ0n) is 11.9. The number of hydrogen-bond acceptors (Lipinski definition) is 2. The minimum atomic E-state index is 0.0411. The summed E-state index contributed by atoms with van der Waals surface area (Å²) in [4.78, 5) is 11.9. The normalized spacial score (nSPS) is 12.5. The maximum absolute atomic E-state index is 11.9. The third kappa shape index (κ3) is 5.62. The number of carbonyl (C=O) groups excluding carboxylic acids is 1. The molecule has 0 aliphatic rings. The van der Waals surface area contributed by atoms with Crippen LogP contribution in [0.1, 0.15) is 38.3 Å². The molecule has 2 N–H and O–H groups in total. The summed E-state index contributed by atoms with van der Waals surface area (Å²) in [6.45, 7) is 5.07. The Kier molecular flexibility index (Phi) is 6.89. The van der Waals surface area contributed by atoms with Gasteiger partial charge in [0.05, 0.1) is 6.04 Å². The van der Waals surface area contributed by atoms with Gasteiger partial charge in [0.2, 0.25) is 5.91 Å². The number of rotatable bonds is 7. The van der Waals surface area contributed by atoms with E-state index < -0.39 is 0 Å². The average molecular weight is 283 g/mol. The largest absolute Gasteiger partial charge is 0.349 e. The van der Waals surface area contributed by atoms with Gasteiger partial charge in [-0.1, -0.05) is 37.6 Å². The predicted octanol–water partition coefficient (Wildman–Crippen LogP) is 3.15. The Morgan fingerprint density at radius 2 is 1.89 bits per heavy atom. The van der Waals surface area contributed by atoms with Crippen molar-refractivity contribution in [2.75, 3.05) is 13.6 Å². The van der Waals surface area contributed by atoms with Crippen molar-refractivity contribution in [1.82, 2.24) is 10.6 Å². The van der Waals surface area contributed by atoms with Gasteiger partial charge in [0.15, 0.2) is 0 Å². The summed E-state index contributed by atoms with van der Waals surface area (Å²) >= 11 is 5.89. The summed E-state index contributed by atoms with van der Waals surface area (Å²) in [5.74, 6) is 0.443. The zero-order chi connectivity index (χ0) is 14.3. The molecule has 1 rings (SSSR count). The highest BCUT2D eigenvalue weighted by Crippen LogP contribution is 2.23. The standard InChI is InChI=1S/C15H23ClN2O/c1-11(2)15(12-6-8-13(16)9-7-12)18-14(19)5-4-10-17-3/h6-9,11,15,17H,4-5,10H2,1-3H3,(H,18,19). The fourth-order valence-electron chi connectivity index (χ4n) is 1.98. The van der Waals surface area contributed by atoms with E-state index in [1.165, 1.54) is 0 Å². The minimum absolute atomic E-state index is 0.0411. The number of nitrogens with one attached hydrogen (secondary N) is 2. The highest BCUT2D eigenvalue weighted by molar-refractivity contribution is 6.30. The van der Waals surface area contributed by atoms with Gasteiger partial charge >= 0.3 is 0 Å². The zero-order valence-corrected chi connectivity index (χ0v) is 12.6. The van der Waals surface area contributed by atoms with Gasteiger partial charge < -0.3 is 10.6 Å². The molecule has 0 aliphatic carbocycles. The van der Waals surface area contributed by atoms with Crippen LogP contribution >= 0.6 is 11.6 Å². The van der Waals surface area contributed by atoms with Gasteiger partial charge in [-0.05, 0) is 43.6 Å². The summed E-state index contributed by atoms with van der Waals surface area (Å²) in [5, 5.41) is 6.86. The summed E-state index contributed by atoms with van der Waals surface area (Å²) in [5.41, 5.74) is 1.10. The molecule has 0 bridgehead atoms. The highest BCUT2D eigenvalue weighted by Gasteiger charge is 2.17. The molecule has 19 heavy (non-hydrogen) atoms. The third-order valence-electron chi connectivity index (χ3n) is 3.04. The van der Waals surface area contributed by atoms with E-state index in [-0.39, 0.29) is 11.9 Å². The lowest BCUT2D eigenvalue weighted by atomic mass is 9.96. The van der Waals surface area contributed by atoms with E-state index >= 15 is 0 Å². The van der Waals surface area contributed by atoms with Crippen LogP contribution in [-0.4, -0.2) is 19.5 Å². The Hall–Kier alpha value is -1.06. The van der Waals surface area contributed by atoms with Crippen molar-refractivity contribution in [1.29, 1.82) is 0 Å². The molecule has 3 nitrogen and oxygen atoms in total. The van der Waals surface area contributed by atoms with Crippen molar-refractivity contribution in [3.63, 3.8) is 0 Å². The van der Waals surface area contributed by atoms with Crippen LogP contribution in [0.2, 0.25) is 5.02 Å². The number of hydrogen-bond donors (Lipinski definition) is 2. The first-order valence-corrected chi connectivity index (χ1v) is 7.11. The van der Waals surface area contributed by atoms with E-state index in [4.69, 9.17) is 11.6 Å². The SMILES string of the molecule is CNCCCC(=O)NC(c1ccc(Cl)cc1)C(C)C. The lowest BCUT2D eigenvalue weighted by Crippen LogP contribution is -2.32. The first kappa shape index (κ1) is 16.0. The molecule has 0 aliphatic heterocycles. The van der Waals surface area contributed by atoms with Crippen molar-refractivity contribution >= 4 is 17.5 Å². The fourth-order valence-corrected chi connectivity index (χ4v) is 2.10. The molecule has 0 saturated heterocycles. The van der Waals surface area contributed by atoms with Crippen LogP contribution in [0.5, 0.6) is 0 Å². The van der Waals surface area contributed by atoms with Gasteiger partial charge in [0, 0.05) is 11.4 Å². The number of halogens is 1. The second-order valence-corrected chi connectivity index (χ2v) is 5.48. The third-order valence-corrected chi connectivity index (χ3v) is 3.29. The lowest BCUT2D eigenvalue weighted by Gasteiger charge is -2.23. The van der Waals surface area contributed by atoms with Gasteiger partial charge in [0.25, 0.3) is 0 Å².